The molecule has 0 N–H and O–H groups in total. The first kappa shape index (κ1) is 36.3. The lowest BCUT2D eigenvalue weighted by atomic mass is 9.70. The minimum Gasteiger partial charge on any atom is -0.310 e. The number of anilines is 6. The molecule has 11 aromatic rings. The third kappa shape index (κ3) is 5.87. The Bertz CT molecular complexity index is 4050. The molecular formula is C68H48N2. The van der Waals surface area contributed by atoms with E-state index >= 15 is 0 Å². The van der Waals surface area contributed by atoms with Crippen LogP contribution in [0.1, 0.15) is 52.7 Å². The lowest BCUT2D eigenvalue weighted by Crippen LogP contribution is -2.26. The van der Waals surface area contributed by atoms with Crippen LogP contribution in [0.5, 0.6) is 0 Å². The van der Waals surface area contributed by atoms with Crippen LogP contribution in [0.25, 0.3) is 55.3 Å². The van der Waals surface area contributed by atoms with Crippen molar-refractivity contribution in [2.75, 3.05) is 9.80 Å². The molecule has 2 heteroatoms. The Hall–Kier alpha value is -8.72. The van der Waals surface area contributed by atoms with Gasteiger partial charge in [-0.05, 0) is 167 Å². The van der Waals surface area contributed by atoms with Crippen LogP contribution in [0.2, 0.25) is 0 Å². The summed E-state index contributed by atoms with van der Waals surface area (Å²) in [6, 6.07) is 80.7. The maximum Gasteiger partial charge on any atom is 0.0727 e. The number of para-hydroxylation sites is 2. The molecule has 1 spiro atoms. The van der Waals surface area contributed by atoms with Gasteiger partial charge >= 0.3 is 0 Å². The van der Waals surface area contributed by atoms with E-state index in [2.05, 4.69) is 207 Å². The molecule has 0 radical (unpaired) electrons. The molecule has 1 atom stereocenters. The summed E-state index contributed by atoms with van der Waals surface area (Å²) >= 11 is 0. The largest absolute Gasteiger partial charge is 0.310 e. The molecule has 11 aromatic carbocycles. The lowest BCUT2D eigenvalue weighted by molar-refractivity contribution is 0.660. The van der Waals surface area contributed by atoms with Crippen LogP contribution >= 0.6 is 0 Å². The fourth-order valence-corrected chi connectivity index (χ4v) is 12.1. The minimum atomic E-state index is -0.759. The highest BCUT2D eigenvalue weighted by atomic mass is 15.1. The topological polar surface area (TPSA) is 6.48 Å². The van der Waals surface area contributed by atoms with E-state index in [1.54, 1.807) is 0 Å². The van der Waals surface area contributed by atoms with Crippen molar-refractivity contribution in [1.29, 1.82) is 0 Å². The van der Waals surface area contributed by atoms with Crippen LogP contribution in [-0.2, 0) is 10.8 Å². The monoisotopic (exact) mass is 896 g/mol. The first-order valence-corrected chi connectivity index (χ1v) is 24.2. The number of benzene rings is 11. The third-order valence-electron chi connectivity index (χ3n) is 15.3. The van der Waals surface area contributed by atoms with E-state index in [-0.39, 0.29) is 40.8 Å². The van der Waals surface area contributed by atoms with Gasteiger partial charge < -0.3 is 9.80 Å². The lowest BCUT2D eigenvalue weighted by Gasteiger charge is -2.33. The summed E-state index contributed by atoms with van der Waals surface area (Å²) in [7, 11) is 0. The molecule has 0 fully saturated rings. The van der Waals surface area contributed by atoms with E-state index in [1.807, 2.05) is 47.4 Å². The van der Waals surface area contributed by atoms with Crippen molar-refractivity contribution in [3.8, 4) is 44.5 Å². The molecule has 0 saturated heterocycles. The molecule has 0 bridgehead atoms. The van der Waals surface area contributed by atoms with Crippen molar-refractivity contribution < 1.29 is 5.48 Å². The summed E-state index contributed by atoms with van der Waals surface area (Å²) in [4.78, 5) is 4.32. The molecule has 14 rings (SSSR count). The highest BCUT2D eigenvalue weighted by Gasteiger charge is 2.52. The minimum absolute atomic E-state index is 0.0900. The summed E-state index contributed by atoms with van der Waals surface area (Å²) in [5.74, 6) is 0. The molecule has 330 valence electrons. The van der Waals surface area contributed by atoms with Crippen molar-refractivity contribution in [3.05, 3.63) is 288 Å². The maximum absolute atomic E-state index is 10.0. The molecule has 0 heterocycles. The summed E-state index contributed by atoms with van der Waals surface area (Å²) in [5.41, 5.74) is 18.6. The van der Waals surface area contributed by atoms with Gasteiger partial charge in [0.05, 0.1) is 10.9 Å². The van der Waals surface area contributed by atoms with Gasteiger partial charge in [0.2, 0.25) is 0 Å². The van der Waals surface area contributed by atoms with Crippen LogP contribution in [-0.4, -0.2) is 0 Å². The second-order valence-corrected chi connectivity index (χ2v) is 19.3. The zero-order valence-electron chi connectivity index (χ0n) is 42.8. The van der Waals surface area contributed by atoms with Gasteiger partial charge in [0.25, 0.3) is 0 Å². The summed E-state index contributed by atoms with van der Waals surface area (Å²) < 4.78 is 39.6. The van der Waals surface area contributed by atoms with Gasteiger partial charge in [0.15, 0.2) is 0 Å². The van der Waals surface area contributed by atoms with Crippen LogP contribution in [0.4, 0.5) is 34.1 Å². The molecule has 0 aromatic heterocycles. The van der Waals surface area contributed by atoms with Crippen molar-refractivity contribution in [2.45, 2.75) is 24.7 Å². The van der Waals surface area contributed by atoms with Crippen molar-refractivity contribution >= 4 is 44.9 Å². The van der Waals surface area contributed by atoms with Crippen molar-refractivity contribution in [2.24, 2.45) is 0 Å². The number of hydrogen-bond donors (Lipinski definition) is 0. The number of fused-ring (bicyclic) bond motifs is 14. The first-order chi connectivity index (χ1) is 36.1. The molecular weight excluding hydrogens is 845 g/mol. The number of nitrogens with zero attached hydrogens (tertiary/aromatic N) is 2. The van der Waals surface area contributed by atoms with E-state index in [0.29, 0.717) is 5.56 Å². The molecule has 2 nitrogen and oxygen atoms in total. The Morgan fingerprint density at radius 2 is 0.700 bits per heavy atom. The van der Waals surface area contributed by atoms with Gasteiger partial charge in [-0.15, -0.1) is 0 Å². The van der Waals surface area contributed by atoms with Crippen molar-refractivity contribution in [3.63, 3.8) is 0 Å². The van der Waals surface area contributed by atoms with E-state index in [4.69, 9.17) is 0 Å². The third-order valence-corrected chi connectivity index (χ3v) is 15.3. The predicted molar refractivity (Wildman–Crippen MR) is 293 cm³/mol. The second kappa shape index (κ2) is 15.4. The standard InChI is InChI=1S/C68H48N2/c1-67(2)61-26-14-11-23-55(61)58-38-35-52(42-64(58)67)70(51-33-31-46(32-34-51)48-30-29-45-17-9-10-18-47(45)41-48)54-37-40-60-57-25-13-16-28-63(57)68(66(60)44-54)62-27-15-12-24-56(62)59-39-36-53(43-65(59)68)69(49-19-5-3-6-20-49)50-21-7-4-8-22-50/h3-44H,1-2H3/i31D,32D,33D,34D. The normalized spacial score (nSPS) is 16.0. The maximum atomic E-state index is 10.0. The molecule has 0 aliphatic heterocycles. The van der Waals surface area contributed by atoms with Gasteiger partial charge in [-0.1, -0.05) is 190 Å². The average molecular weight is 897 g/mol. The predicted octanol–water partition coefficient (Wildman–Crippen LogP) is 18.1. The number of rotatable bonds is 7. The smallest absolute Gasteiger partial charge is 0.0727 e. The van der Waals surface area contributed by atoms with Crippen LogP contribution in [0, 0.1) is 0 Å². The quantitative estimate of drug-likeness (QED) is 0.157. The molecule has 3 aliphatic rings. The fraction of sp³-hybridized carbons (Fsp3) is 0.0588. The molecule has 1 unspecified atom stereocenters. The molecule has 70 heavy (non-hydrogen) atoms. The van der Waals surface area contributed by atoms with E-state index < -0.39 is 5.41 Å². The number of hydrogen-bond acceptors (Lipinski definition) is 2. The second-order valence-electron chi connectivity index (χ2n) is 19.3. The Kier molecular flexibility index (Phi) is 7.99. The highest BCUT2D eigenvalue weighted by molar-refractivity contribution is 5.98. The Labute approximate surface area is 415 Å². The van der Waals surface area contributed by atoms with E-state index in [0.717, 1.165) is 67.0 Å². The highest BCUT2D eigenvalue weighted by Crippen LogP contribution is 2.64. The molecule has 0 amide bonds. The Morgan fingerprint density at radius 1 is 0.286 bits per heavy atom. The fourth-order valence-electron chi connectivity index (χ4n) is 12.1. The summed E-state index contributed by atoms with van der Waals surface area (Å²) in [5, 5.41) is 2.01. The van der Waals surface area contributed by atoms with Gasteiger partial charge in [-0.3, -0.25) is 0 Å². The van der Waals surface area contributed by atoms with Crippen LogP contribution in [0.15, 0.2) is 255 Å². The average Bonchev–Trinajstić information content (AvgIpc) is 4.09. The van der Waals surface area contributed by atoms with E-state index in [9.17, 15) is 5.48 Å². The zero-order chi connectivity index (χ0) is 50.0. The zero-order valence-corrected chi connectivity index (χ0v) is 38.8. The first-order valence-electron chi connectivity index (χ1n) is 26.2. The summed E-state index contributed by atoms with van der Waals surface area (Å²) in [6.07, 6.45) is 0. The van der Waals surface area contributed by atoms with Gasteiger partial charge in [-0.25, -0.2) is 0 Å². The van der Waals surface area contributed by atoms with Gasteiger partial charge in [0, 0.05) is 39.5 Å². The van der Waals surface area contributed by atoms with E-state index in [1.165, 1.54) is 38.9 Å². The SMILES string of the molecule is [2H]c1c([2H])c(N(c2ccc3c(c2)C(C)(C)c2ccccc2-3)c2ccc3c(c2)C2(c4ccccc4-c4ccc(N(c5ccccc5)c5ccccc5)cc42)c2ccccc2-3)c([2H])c([2H])c1-c1ccc2ccccc2c1. The Balaban J connectivity index is 1.03. The van der Waals surface area contributed by atoms with Crippen molar-refractivity contribution in [1.82, 2.24) is 0 Å². The summed E-state index contributed by atoms with van der Waals surface area (Å²) in [6.45, 7) is 4.52. The molecule has 0 saturated carbocycles. The Morgan fingerprint density at radius 3 is 1.26 bits per heavy atom. The van der Waals surface area contributed by atoms with Gasteiger partial charge in [0.1, 0.15) is 0 Å². The van der Waals surface area contributed by atoms with Crippen LogP contribution in [0.3, 0.4) is 0 Å². The molecule has 3 aliphatic carbocycles. The van der Waals surface area contributed by atoms with Gasteiger partial charge in [-0.2, -0.15) is 0 Å². The van der Waals surface area contributed by atoms with Crippen LogP contribution < -0.4 is 9.80 Å².